The minimum Gasteiger partial charge on any atom is -0.291 e. The minimum atomic E-state index is 0.708. The van der Waals surface area contributed by atoms with Crippen molar-refractivity contribution >= 4 is 29.5 Å². The topological polar surface area (TPSA) is 33.1 Å². The van der Waals surface area contributed by atoms with Crippen LogP contribution in [0.25, 0.3) is 16.9 Å². The zero-order valence-corrected chi connectivity index (χ0v) is 12.6. The molecule has 0 saturated carbocycles. The van der Waals surface area contributed by atoms with Gasteiger partial charge in [0.2, 0.25) is 0 Å². The highest BCUT2D eigenvalue weighted by Gasteiger charge is 2.08. The molecule has 1 N–H and O–H groups in total. The van der Waals surface area contributed by atoms with E-state index in [1.807, 2.05) is 40.9 Å². The average Bonchev–Trinajstić information content (AvgIpc) is 2.84. The lowest BCUT2D eigenvalue weighted by Gasteiger charge is -2.00. The van der Waals surface area contributed by atoms with Crippen molar-refractivity contribution in [2.75, 3.05) is 0 Å². The van der Waals surface area contributed by atoms with Gasteiger partial charge >= 0.3 is 0 Å². The molecule has 0 aliphatic rings. The molecule has 0 aliphatic carbocycles. The SMILES string of the molecule is CCCc1cc(=S)n2[nH]c(-c3ccccc3Cl)cc2n1. The van der Waals surface area contributed by atoms with Crippen LogP contribution in [-0.2, 0) is 6.42 Å². The lowest BCUT2D eigenvalue weighted by molar-refractivity contribution is 0.853. The van der Waals surface area contributed by atoms with Crippen LogP contribution in [0, 0.1) is 4.64 Å². The van der Waals surface area contributed by atoms with Gasteiger partial charge in [-0.15, -0.1) is 0 Å². The van der Waals surface area contributed by atoms with E-state index in [0.717, 1.165) is 40.1 Å². The van der Waals surface area contributed by atoms with Crippen LogP contribution < -0.4 is 0 Å². The number of H-pyrrole nitrogens is 1. The molecule has 2 heterocycles. The average molecular weight is 304 g/mol. The van der Waals surface area contributed by atoms with Crippen molar-refractivity contribution in [2.24, 2.45) is 0 Å². The first-order valence-corrected chi connectivity index (χ1v) is 7.34. The third-order valence-corrected chi connectivity index (χ3v) is 3.80. The van der Waals surface area contributed by atoms with Gasteiger partial charge < -0.3 is 0 Å². The Morgan fingerprint density at radius 1 is 1.30 bits per heavy atom. The van der Waals surface area contributed by atoms with Crippen molar-refractivity contribution in [3.8, 4) is 11.3 Å². The molecule has 1 aromatic carbocycles. The summed E-state index contributed by atoms with van der Waals surface area (Å²) in [7, 11) is 0. The lowest BCUT2D eigenvalue weighted by Crippen LogP contribution is -1.96. The van der Waals surface area contributed by atoms with Crippen molar-refractivity contribution in [1.29, 1.82) is 0 Å². The van der Waals surface area contributed by atoms with Crippen LogP contribution in [0.5, 0.6) is 0 Å². The Morgan fingerprint density at radius 3 is 2.85 bits per heavy atom. The van der Waals surface area contributed by atoms with Gasteiger partial charge in [0.25, 0.3) is 0 Å². The Morgan fingerprint density at radius 2 is 2.10 bits per heavy atom. The Labute approximate surface area is 127 Å². The fourth-order valence-corrected chi connectivity index (χ4v) is 2.75. The number of nitrogens with zero attached hydrogens (tertiary/aromatic N) is 2. The van der Waals surface area contributed by atoms with E-state index in [1.54, 1.807) is 0 Å². The molecule has 0 spiro atoms. The molecule has 0 saturated heterocycles. The highest BCUT2D eigenvalue weighted by molar-refractivity contribution is 7.71. The molecule has 3 rings (SSSR count). The molecule has 5 heteroatoms. The predicted octanol–water partition coefficient (Wildman–Crippen LogP) is 4.66. The highest BCUT2D eigenvalue weighted by atomic mass is 35.5. The molecule has 3 nitrogen and oxygen atoms in total. The maximum absolute atomic E-state index is 6.23. The highest BCUT2D eigenvalue weighted by Crippen LogP contribution is 2.27. The van der Waals surface area contributed by atoms with Crippen LogP contribution in [0.3, 0.4) is 0 Å². The molecule has 3 aromatic rings. The van der Waals surface area contributed by atoms with Crippen LogP contribution in [0.4, 0.5) is 0 Å². The van der Waals surface area contributed by atoms with Crippen molar-refractivity contribution in [2.45, 2.75) is 19.8 Å². The second kappa shape index (κ2) is 5.38. The molecule has 0 radical (unpaired) electrons. The van der Waals surface area contributed by atoms with Crippen LogP contribution in [0.1, 0.15) is 19.0 Å². The van der Waals surface area contributed by atoms with Gasteiger partial charge in [0.15, 0.2) is 5.65 Å². The van der Waals surface area contributed by atoms with E-state index in [1.165, 1.54) is 0 Å². The Kier molecular flexibility index (Phi) is 3.59. The van der Waals surface area contributed by atoms with Crippen LogP contribution in [0.2, 0.25) is 5.02 Å². The zero-order valence-electron chi connectivity index (χ0n) is 11.1. The molecule has 0 unspecified atom stereocenters. The number of aromatic amines is 1. The minimum absolute atomic E-state index is 0.708. The largest absolute Gasteiger partial charge is 0.291 e. The van der Waals surface area contributed by atoms with Crippen molar-refractivity contribution in [3.63, 3.8) is 0 Å². The van der Waals surface area contributed by atoms with E-state index < -0.39 is 0 Å². The standard InChI is InChI=1S/C15H14ClN3S/c1-2-5-10-8-15(20)19-14(17-10)9-13(18-19)11-6-3-4-7-12(11)16/h3-4,6-9,18H,2,5H2,1H3. The summed E-state index contributed by atoms with van der Waals surface area (Å²) in [5.41, 5.74) is 3.73. The molecule has 2 aromatic heterocycles. The van der Waals surface area contributed by atoms with Crippen LogP contribution >= 0.6 is 23.8 Å². The number of hydrogen-bond donors (Lipinski definition) is 1. The van der Waals surface area contributed by atoms with Crippen molar-refractivity contribution in [3.05, 3.63) is 51.8 Å². The van der Waals surface area contributed by atoms with E-state index in [4.69, 9.17) is 23.8 Å². The number of nitrogens with one attached hydrogen (secondary N) is 1. The second-order valence-electron chi connectivity index (χ2n) is 4.68. The molecule has 0 bridgehead atoms. The van der Waals surface area contributed by atoms with Crippen molar-refractivity contribution in [1.82, 2.24) is 14.6 Å². The van der Waals surface area contributed by atoms with Gasteiger partial charge in [-0.2, -0.15) is 0 Å². The second-order valence-corrected chi connectivity index (χ2v) is 5.50. The Balaban J connectivity index is 2.18. The normalized spacial score (nSPS) is 11.1. The van der Waals surface area contributed by atoms with E-state index in [-0.39, 0.29) is 0 Å². The van der Waals surface area contributed by atoms with Crippen LogP contribution in [-0.4, -0.2) is 14.6 Å². The molecule has 0 atom stereocenters. The summed E-state index contributed by atoms with van der Waals surface area (Å²) < 4.78 is 2.55. The number of aromatic nitrogens is 3. The van der Waals surface area contributed by atoms with E-state index in [9.17, 15) is 0 Å². The van der Waals surface area contributed by atoms with Crippen LogP contribution in [0.15, 0.2) is 36.4 Å². The van der Waals surface area contributed by atoms with E-state index >= 15 is 0 Å². The van der Waals surface area contributed by atoms with Gasteiger partial charge in [-0.3, -0.25) is 5.10 Å². The van der Waals surface area contributed by atoms with Gasteiger partial charge in [0.05, 0.1) is 5.69 Å². The summed E-state index contributed by atoms with van der Waals surface area (Å²) in [6.45, 7) is 2.13. The molecule has 0 aliphatic heterocycles. The third-order valence-electron chi connectivity index (χ3n) is 3.17. The third kappa shape index (κ3) is 2.37. The maximum atomic E-state index is 6.23. The smallest absolute Gasteiger partial charge is 0.155 e. The van der Waals surface area contributed by atoms with Gasteiger partial charge in [0, 0.05) is 22.3 Å². The molecule has 0 fully saturated rings. The Bertz CT molecular complexity index is 819. The summed E-state index contributed by atoms with van der Waals surface area (Å²) in [6.07, 6.45) is 1.99. The van der Waals surface area contributed by atoms with E-state index in [0.29, 0.717) is 5.02 Å². The number of benzene rings is 1. The van der Waals surface area contributed by atoms with Gasteiger partial charge in [0.1, 0.15) is 4.64 Å². The number of halogens is 1. The predicted molar refractivity (Wildman–Crippen MR) is 84.8 cm³/mol. The van der Waals surface area contributed by atoms with Gasteiger partial charge in [-0.25, -0.2) is 9.50 Å². The molecule has 20 heavy (non-hydrogen) atoms. The summed E-state index contributed by atoms with van der Waals surface area (Å²) in [5, 5.41) is 3.96. The summed E-state index contributed by atoms with van der Waals surface area (Å²) in [5.74, 6) is 0. The fourth-order valence-electron chi connectivity index (χ4n) is 2.24. The molecular weight excluding hydrogens is 290 g/mol. The first-order valence-electron chi connectivity index (χ1n) is 6.55. The summed E-state index contributed by atoms with van der Waals surface area (Å²) in [4.78, 5) is 4.62. The van der Waals surface area contributed by atoms with Gasteiger partial charge in [-0.05, 0) is 18.6 Å². The molecule has 0 amide bonds. The monoisotopic (exact) mass is 303 g/mol. The van der Waals surface area contributed by atoms with E-state index in [2.05, 4.69) is 17.0 Å². The summed E-state index contributed by atoms with van der Waals surface area (Å²) >= 11 is 11.6. The quantitative estimate of drug-likeness (QED) is 0.714. The molecular formula is C15H14ClN3S. The number of hydrogen-bond acceptors (Lipinski definition) is 2. The Hall–Kier alpha value is -1.65. The maximum Gasteiger partial charge on any atom is 0.155 e. The first kappa shape index (κ1) is 13.3. The zero-order chi connectivity index (χ0) is 14.1. The first-order chi connectivity index (χ1) is 9.69. The lowest BCUT2D eigenvalue weighted by atomic mass is 10.1. The van der Waals surface area contributed by atoms with Crippen molar-refractivity contribution < 1.29 is 0 Å². The molecule has 102 valence electrons. The number of rotatable bonds is 3. The van der Waals surface area contributed by atoms with Gasteiger partial charge in [-0.1, -0.05) is 55.4 Å². The fraction of sp³-hybridized carbons (Fsp3) is 0.200. The number of aryl methyl sites for hydroxylation is 1. The number of fused-ring (bicyclic) bond motifs is 1. The summed E-state index contributed by atoms with van der Waals surface area (Å²) in [6, 6.07) is 11.6.